The summed E-state index contributed by atoms with van der Waals surface area (Å²) in [4.78, 5) is 24.5. The molecule has 1 amide bonds. The molecule has 2 fully saturated rings. The van der Waals surface area contributed by atoms with E-state index >= 15 is 0 Å². The van der Waals surface area contributed by atoms with Crippen molar-refractivity contribution in [3.8, 4) is 0 Å². The monoisotopic (exact) mass is 197 g/mol. The van der Waals surface area contributed by atoms with Gasteiger partial charge >= 0.3 is 0 Å². The summed E-state index contributed by atoms with van der Waals surface area (Å²) in [5, 5.41) is 0. The normalized spacial score (nSPS) is 35.9. The van der Waals surface area contributed by atoms with E-state index in [1.54, 1.807) is 11.8 Å². The van der Waals surface area contributed by atoms with E-state index in [0.29, 0.717) is 25.7 Å². The van der Waals surface area contributed by atoms with Gasteiger partial charge in [-0.1, -0.05) is 0 Å². The lowest BCUT2D eigenvalue weighted by Crippen LogP contribution is -2.42. The Bertz CT molecular complexity index is 277. The number of ether oxygens (including phenoxy) is 1. The molecule has 14 heavy (non-hydrogen) atoms. The molecule has 0 aromatic heterocycles. The van der Waals surface area contributed by atoms with Crippen molar-refractivity contribution in [3.63, 3.8) is 0 Å². The van der Waals surface area contributed by atoms with E-state index in [1.165, 1.54) is 6.92 Å². The summed E-state index contributed by atoms with van der Waals surface area (Å²) in [5.74, 6) is 0.682. The first-order chi connectivity index (χ1) is 6.61. The number of Topliss-reactive ketones (excluding diaryl/α,β-unsaturated/α-hetero) is 1. The van der Waals surface area contributed by atoms with Crippen molar-refractivity contribution in [2.45, 2.75) is 19.9 Å². The maximum Gasteiger partial charge on any atom is 0.220 e. The fraction of sp³-hybridized carbons (Fsp3) is 0.800. The van der Waals surface area contributed by atoms with Crippen LogP contribution in [0.15, 0.2) is 0 Å². The average molecular weight is 197 g/mol. The second-order valence-corrected chi connectivity index (χ2v) is 4.19. The fourth-order valence-corrected chi connectivity index (χ4v) is 2.59. The second-order valence-electron chi connectivity index (χ2n) is 4.19. The summed E-state index contributed by atoms with van der Waals surface area (Å²) in [7, 11) is 0. The van der Waals surface area contributed by atoms with Crippen LogP contribution >= 0.6 is 0 Å². The molecule has 0 aromatic rings. The van der Waals surface area contributed by atoms with Gasteiger partial charge in [-0.2, -0.15) is 0 Å². The number of hydrogen-bond donors (Lipinski definition) is 0. The van der Waals surface area contributed by atoms with Gasteiger partial charge in [0.05, 0.1) is 19.3 Å². The number of fused-ring (bicyclic) bond motifs is 1. The lowest BCUT2D eigenvalue weighted by molar-refractivity contribution is -0.136. The quantitative estimate of drug-likeness (QED) is 0.597. The summed E-state index contributed by atoms with van der Waals surface area (Å²) >= 11 is 0. The van der Waals surface area contributed by atoms with Gasteiger partial charge < -0.3 is 9.64 Å². The molecule has 2 aliphatic heterocycles. The molecule has 0 aromatic carbocycles. The molecule has 2 heterocycles. The molecule has 0 aliphatic carbocycles. The molecule has 4 nitrogen and oxygen atoms in total. The summed E-state index contributed by atoms with van der Waals surface area (Å²) < 4.78 is 5.33. The van der Waals surface area contributed by atoms with Crippen LogP contribution in [0.2, 0.25) is 0 Å². The van der Waals surface area contributed by atoms with Crippen molar-refractivity contribution in [2.24, 2.45) is 11.8 Å². The van der Waals surface area contributed by atoms with Crippen LogP contribution in [0.3, 0.4) is 0 Å². The zero-order valence-corrected chi connectivity index (χ0v) is 8.53. The second kappa shape index (κ2) is 3.35. The maximum atomic E-state index is 11.5. The molecule has 4 heteroatoms. The fourth-order valence-electron chi connectivity index (χ4n) is 2.59. The van der Waals surface area contributed by atoms with Gasteiger partial charge in [-0.25, -0.2) is 0 Å². The predicted molar refractivity (Wildman–Crippen MR) is 49.7 cm³/mol. The molecule has 3 atom stereocenters. The Hall–Kier alpha value is -0.900. The highest BCUT2D eigenvalue weighted by Gasteiger charge is 2.47. The summed E-state index contributed by atoms with van der Waals surface area (Å²) in [5.41, 5.74) is 0. The van der Waals surface area contributed by atoms with Crippen molar-refractivity contribution in [1.29, 1.82) is 0 Å². The number of likely N-dealkylation sites (tertiary alicyclic amines) is 1. The highest BCUT2D eigenvalue weighted by molar-refractivity contribution is 5.87. The minimum Gasteiger partial charge on any atom is -0.381 e. The van der Waals surface area contributed by atoms with Crippen molar-refractivity contribution < 1.29 is 14.3 Å². The first-order valence-corrected chi connectivity index (χ1v) is 4.96. The van der Waals surface area contributed by atoms with E-state index in [9.17, 15) is 9.59 Å². The largest absolute Gasteiger partial charge is 0.381 e. The van der Waals surface area contributed by atoms with Crippen LogP contribution in [0.5, 0.6) is 0 Å². The SMILES string of the molecule is CC(=O)[C@@H]1C2COC[C@H]2CN1C(C)=O. The number of rotatable bonds is 1. The first kappa shape index (κ1) is 9.65. The molecule has 0 saturated carbocycles. The van der Waals surface area contributed by atoms with Crippen LogP contribution in [-0.2, 0) is 14.3 Å². The van der Waals surface area contributed by atoms with Gasteiger partial charge in [0.25, 0.3) is 0 Å². The Balaban J connectivity index is 2.21. The molecular weight excluding hydrogens is 182 g/mol. The Morgan fingerprint density at radius 2 is 2.00 bits per heavy atom. The summed E-state index contributed by atoms with van der Waals surface area (Å²) in [6.45, 7) is 5.08. The molecule has 2 rings (SSSR count). The molecule has 0 bridgehead atoms. The first-order valence-electron chi connectivity index (χ1n) is 4.96. The summed E-state index contributed by atoms with van der Waals surface area (Å²) in [6, 6.07) is -0.236. The van der Waals surface area contributed by atoms with E-state index in [-0.39, 0.29) is 23.7 Å². The molecule has 78 valence electrons. The van der Waals surface area contributed by atoms with Crippen molar-refractivity contribution in [3.05, 3.63) is 0 Å². The Morgan fingerprint density at radius 3 is 2.57 bits per heavy atom. The number of hydrogen-bond acceptors (Lipinski definition) is 3. The molecular formula is C10H15NO3. The zero-order chi connectivity index (χ0) is 10.3. The third-order valence-electron chi connectivity index (χ3n) is 3.24. The highest BCUT2D eigenvalue weighted by atomic mass is 16.5. The van der Waals surface area contributed by atoms with E-state index in [1.807, 2.05) is 0 Å². The number of ketones is 1. The van der Waals surface area contributed by atoms with E-state index < -0.39 is 0 Å². The number of amides is 1. The van der Waals surface area contributed by atoms with Crippen LogP contribution in [-0.4, -0.2) is 42.4 Å². The van der Waals surface area contributed by atoms with E-state index in [4.69, 9.17) is 4.74 Å². The Labute approximate surface area is 83.2 Å². The number of nitrogens with zero attached hydrogens (tertiary/aromatic N) is 1. The summed E-state index contributed by atoms with van der Waals surface area (Å²) in [6.07, 6.45) is 0. The van der Waals surface area contributed by atoms with Gasteiger partial charge in [-0.15, -0.1) is 0 Å². The maximum absolute atomic E-state index is 11.5. The molecule has 2 aliphatic rings. The third-order valence-corrected chi connectivity index (χ3v) is 3.24. The van der Waals surface area contributed by atoms with Crippen LogP contribution < -0.4 is 0 Å². The van der Waals surface area contributed by atoms with Crippen LogP contribution in [0.25, 0.3) is 0 Å². The molecule has 0 spiro atoms. The topological polar surface area (TPSA) is 46.6 Å². The third kappa shape index (κ3) is 1.34. The number of carbonyl (C=O) groups excluding carboxylic acids is 2. The van der Waals surface area contributed by atoms with Crippen molar-refractivity contribution >= 4 is 11.7 Å². The highest BCUT2D eigenvalue weighted by Crippen LogP contribution is 2.35. The minimum absolute atomic E-state index is 0.000370. The van der Waals surface area contributed by atoms with Gasteiger partial charge in [0.2, 0.25) is 5.91 Å². The van der Waals surface area contributed by atoms with Gasteiger partial charge in [-0.05, 0) is 6.92 Å². The van der Waals surface area contributed by atoms with Gasteiger partial charge in [0.15, 0.2) is 5.78 Å². The Kier molecular flexibility index (Phi) is 2.31. The Morgan fingerprint density at radius 1 is 1.29 bits per heavy atom. The lowest BCUT2D eigenvalue weighted by Gasteiger charge is -2.23. The van der Waals surface area contributed by atoms with Gasteiger partial charge in [0, 0.05) is 25.3 Å². The molecule has 0 radical (unpaired) electrons. The van der Waals surface area contributed by atoms with E-state index in [2.05, 4.69) is 0 Å². The lowest BCUT2D eigenvalue weighted by atomic mass is 9.92. The smallest absolute Gasteiger partial charge is 0.220 e. The van der Waals surface area contributed by atoms with Crippen LogP contribution in [0, 0.1) is 11.8 Å². The van der Waals surface area contributed by atoms with Crippen LogP contribution in [0.1, 0.15) is 13.8 Å². The van der Waals surface area contributed by atoms with Gasteiger partial charge in [-0.3, -0.25) is 9.59 Å². The minimum atomic E-state index is -0.236. The molecule has 1 unspecified atom stereocenters. The average Bonchev–Trinajstić information content (AvgIpc) is 2.58. The van der Waals surface area contributed by atoms with Crippen molar-refractivity contribution in [1.82, 2.24) is 4.90 Å². The van der Waals surface area contributed by atoms with E-state index in [0.717, 1.165) is 0 Å². The molecule has 0 N–H and O–H groups in total. The molecule has 2 saturated heterocycles. The van der Waals surface area contributed by atoms with Crippen LogP contribution in [0.4, 0.5) is 0 Å². The number of carbonyl (C=O) groups is 2. The zero-order valence-electron chi connectivity index (χ0n) is 8.53. The predicted octanol–water partition coefficient (Wildman–Crippen LogP) is 0.0687. The standard InChI is InChI=1S/C10H15NO3/c1-6(12)10-9-5-14-4-8(9)3-11(10)7(2)13/h8-10H,3-5H2,1-2H3/t8-,9?,10-/m1/s1. The van der Waals surface area contributed by atoms with Gasteiger partial charge in [0.1, 0.15) is 0 Å². The van der Waals surface area contributed by atoms with Crippen molar-refractivity contribution in [2.75, 3.05) is 19.8 Å².